The molecule has 1 heterocycles. The van der Waals surface area contributed by atoms with Crippen LogP contribution in [0.5, 0.6) is 0 Å². The van der Waals surface area contributed by atoms with Gasteiger partial charge in [0.15, 0.2) is 0 Å². The first-order chi connectivity index (χ1) is 2.71. The maximum atomic E-state index is 3.24. The minimum atomic E-state index is -0.0926. The molecule has 2 heteroatoms. The van der Waals surface area contributed by atoms with E-state index in [1.807, 2.05) is 0 Å². The maximum absolute atomic E-state index is 3.24. The summed E-state index contributed by atoms with van der Waals surface area (Å²) in [6.07, 6.45) is 4.70. The van der Waals surface area contributed by atoms with Crippen LogP contribution in [-0.4, -0.2) is 24.3 Å². The molecule has 0 amide bonds. The van der Waals surface area contributed by atoms with Crippen molar-refractivity contribution in [3.63, 3.8) is 0 Å². The van der Waals surface area contributed by atoms with Gasteiger partial charge in [0.2, 0.25) is 0 Å². The molecule has 1 aliphatic rings. The van der Waals surface area contributed by atoms with Gasteiger partial charge < -0.3 is 5.32 Å². The minimum Gasteiger partial charge on any atom is -0.302 e. The van der Waals surface area contributed by atoms with E-state index in [0.717, 1.165) is 0 Å². The second kappa shape index (κ2) is 1.14. The van der Waals surface area contributed by atoms with Crippen LogP contribution in [0.25, 0.3) is 0 Å². The second-order valence-electron chi connectivity index (χ2n) is 2.31. The van der Waals surface area contributed by atoms with Gasteiger partial charge in [-0.05, 0) is 12.5 Å². The normalized spacial score (nSPS) is 34.3. The van der Waals surface area contributed by atoms with Crippen LogP contribution in [0.3, 0.4) is 0 Å². The van der Waals surface area contributed by atoms with Gasteiger partial charge in [-0.15, -0.1) is 0 Å². The minimum absolute atomic E-state index is 0.0926. The Balaban J connectivity index is 2.31. The summed E-state index contributed by atoms with van der Waals surface area (Å²) in [7, 11) is -0.0926. The third kappa shape index (κ3) is 0.684. The first kappa shape index (κ1) is 4.47. The van der Waals surface area contributed by atoms with Gasteiger partial charge in [0.05, 0.1) is 0 Å². The Morgan fingerprint density at radius 2 is 1.67 bits per heavy atom. The summed E-state index contributed by atoms with van der Waals surface area (Å²) in [5.74, 6) is 2.57. The van der Waals surface area contributed by atoms with Gasteiger partial charge in [0, 0.05) is 11.8 Å². The summed E-state index contributed by atoms with van der Waals surface area (Å²) in [5.41, 5.74) is 0. The zero-order valence-corrected chi connectivity index (χ0v) is 5.14. The third-order valence-corrected chi connectivity index (χ3v) is 2.96. The summed E-state index contributed by atoms with van der Waals surface area (Å²) in [6, 6.07) is 0. The van der Waals surface area contributed by atoms with E-state index in [0.29, 0.717) is 0 Å². The third-order valence-electron chi connectivity index (χ3n) is 0.986. The van der Waals surface area contributed by atoms with Gasteiger partial charge >= 0.3 is 0 Å². The summed E-state index contributed by atoms with van der Waals surface area (Å²) in [6.45, 7) is 0. The molecule has 0 spiro atoms. The molecule has 0 aromatic carbocycles. The van der Waals surface area contributed by atoms with Crippen molar-refractivity contribution < 1.29 is 0 Å². The van der Waals surface area contributed by atoms with Crippen LogP contribution in [0.1, 0.15) is 0 Å². The Morgan fingerprint density at radius 1 is 1.33 bits per heavy atom. The topological polar surface area (TPSA) is 12.0 Å². The molecule has 1 fully saturated rings. The standard InChI is InChI=1S/C4H11NS/c1-6(2)3-5-4-6/h5H,3-4H2,1-2H3. The van der Waals surface area contributed by atoms with Crippen molar-refractivity contribution in [1.29, 1.82) is 0 Å². The molecule has 0 saturated carbocycles. The molecule has 38 valence electrons. The molecule has 0 radical (unpaired) electrons. The molecule has 1 N–H and O–H groups in total. The van der Waals surface area contributed by atoms with E-state index in [1.54, 1.807) is 0 Å². The molecular weight excluding hydrogens is 94.1 g/mol. The molecular formula is C4H11NS. The van der Waals surface area contributed by atoms with Crippen LogP contribution in [-0.2, 0) is 0 Å². The van der Waals surface area contributed by atoms with Gasteiger partial charge in [0.25, 0.3) is 0 Å². The lowest BCUT2D eigenvalue weighted by molar-refractivity contribution is 0.868. The zero-order valence-electron chi connectivity index (χ0n) is 4.32. The summed E-state index contributed by atoms with van der Waals surface area (Å²) in [4.78, 5) is 0. The predicted octanol–water partition coefficient (Wildman–Crippen LogP) is 0.569. The summed E-state index contributed by atoms with van der Waals surface area (Å²) >= 11 is 0. The summed E-state index contributed by atoms with van der Waals surface area (Å²) in [5, 5.41) is 3.24. The number of hydrogen-bond acceptors (Lipinski definition) is 1. The quantitative estimate of drug-likeness (QED) is 0.475. The lowest BCUT2D eigenvalue weighted by Gasteiger charge is -2.41. The Labute approximate surface area is 40.4 Å². The van der Waals surface area contributed by atoms with E-state index in [-0.39, 0.29) is 10.0 Å². The van der Waals surface area contributed by atoms with Gasteiger partial charge in [0.1, 0.15) is 0 Å². The molecule has 0 aliphatic carbocycles. The Hall–Kier alpha value is 0.310. The first-order valence-corrected chi connectivity index (χ1v) is 4.89. The molecule has 6 heavy (non-hydrogen) atoms. The second-order valence-corrected chi connectivity index (χ2v) is 6.42. The number of hydrogen-bond donors (Lipinski definition) is 1. The summed E-state index contributed by atoms with van der Waals surface area (Å²) < 4.78 is 0. The zero-order chi connectivity index (χ0) is 4.62. The molecule has 0 unspecified atom stereocenters. The van der Waals surface area contributed by atoms with Crippen molar-refractivity contribution in [1.82, 2.24) is 5.32 Å². The molecule has 0 bridgehead atoms. The van der Waals surface area contributed by atoms with Crippen molar-refractivity contribution in [2.45, 2.75) is 0 Å². The fourth-order valence-corrected chi connectivity index (χ4v) is 1.53. The van der Waals surface area contributed by atoms with Gasteiger partial charge in [-0.25, -0.2) is 10.0 Å². The smallest absolute Gasteiger partial charge is 0.0274 e. The van der Waals surface area contributed by atoms with E-state index < -0.39 is 0 Å². The van der Waals surface area contributed by atoms with Crippen molar-refractivity contribution in [2.24, 2.45) is 0 Å². The van der Waals surface area contributed by atoms with Gasteiger partial charge in [-0.1, -0.05) is 0 Å². The Morgan fingerprint density at radius 3 is 1.67 bits per heavy atom. The highest BCUT2D eigenvalue weighted by atomic mass is 32.3. The van der Waals surface area contributed by atoms with E-state index in [2.05, 4.69) is 17.8 Å². The van der Waals surface area contributed by atoms with Gasteiger partial charge in [-0.3, -0.25) is 0 Å². The van der Waals surface area contributed by atoms with Crippen LogP contribution >= 0.6 is 10.0 Å². The number of rotatable bonds is 0. The van der Waals surface area contributed by atoms with Crippen LogP contribution in [0.15, 0.2) is 0 Å². The van der Waals surface area contributed by atoms with Crippen LogP contribution in [0, 0.1) is 0 Å². The Kier molecular flexibility index (Phi) is 0.848. The van der Waals surface area contributed by atoms with Gasteiger partial charge in [-0.2, -0.15) is 0 Å². The molecule has 1 aliphatic heterocycles. The van der Waals surface area contributed by atoms with Crippen molar-refractivity contribution in [3.05, 3.63) is 0 Å². The molecule has 1 saturated heterocycles. The fourth-order valence-electron chi connectivity index (χ4n) is 0.510. The van der Waals surface area contributed by atoms with Crippen molar-refractivity contribution in [3.8, 4) is 0 Å². The lowest BCUT2D eigenvalue weighted by Crippen LogP contribution is -2.37. The average Bonchev–Trinajstić information content (AvgIpc) is 1.32. The molecule has 0 aromatic rings. The van der Waals surface area contributed by atoms with E-state index >= 15 is 0 Å². The van der Waals surface area contributed by atoms with E-state index in [9.17, 15) is 0 Å². The maximum Gasteiger partial charge on any atom is 0.0274 e. The van der Waals surface area contributed by atoms with Crippen LogP contribution in [0.2, 0.25) is 0 Å². The monoisotopic (exact) mass is 105 g/mol. The highest BCUT2D eigenvalue weighted by Crippen LogP contribution is 2.42. The van der Waals surface area contributed by atoms with E-state index in [4.69, 9.17) is 0 Å². The predicted molar refractivity (Wildman–Crippen MR) is 32.3 cm³/mol. The highest BCUT2D eigenvalue weighted by molar-refractivity contribution is 8.33. The molecule has 0 aromatic heterocycles. The highest BCUT2D eigenvalue weighted by Gasteiger charge is 2.18. The largest absolute Gasteiger partial charge is 0.302 e. The lowest BCUT2D eigenvalue weighted by atomic mass is 11.2. The average molecular weight is 105 g/mol. The van der Waals surface area contributed by atoms with E-state index in [1.165, 1.54) is 11.8 Å². The van der Waals surface area contributed by atoms with Crippen LogP contribution in [0.4, 0.5) is 0 Å². The number of nitrogens with one attached hydrogen (secondary N) is 1. The fraction of sp³-hybridized carbons (Fsp3) is 1.00. The molecule has 1 rings (SSSR count). The first-order valence-electron chi connectivity index (χ1n) is 2.10. The van der Waals surface area contributed by atoms with Crippen molar-refractivity contribution in [2.75, 3.05) is 24.3 Å². The van der Waals surface area contributed by atoms with Crippen LogP contribution < -0.4 is 5.32 Å². The van der Waals surface area contributed by atoms with Crippen molar-refractivity contribution >= 4 is 10.0 Å². The SMILES string of the molecule is CS1(C)CNC1. The Bertz CT molecular complexity index is 54.6. The molecule has 1 nitrogen and oxygen atoms in total. The molecule has 0 atom stereocenters.